The topological polar surface area (TPSA) is 87.7 Å². The van der Waals surface area contributed by atoms with Gasteiger partial charge in [0, 0.05) is 16.0 Å². The third-order valence-corrected chi connectivity index (χ3v) is 5.43. The first-order valence-corrected chi connectivity index (χ1v) is 9.05. The minimum Gasteiger partial charge on any atom is -0.420 e. The summed E-state index contributed by atoms with van der Waals surface area (Å²) in [4.78, 5) is 0. The van der Waals surface area contributed by atoms with Crippen LogP contribution in [-0.4, -0.2) is 10.2 Å². The Kier molecular flexibility index (Phi) is 4.10. The van der Waals surface area contributed by atoms with Gasteiger partial charge in [-0.05, 0) is 37.3 Å². The van der Waals surface area contributed by atoms with Crippen LogP contribution in [0, 0.1) is 17.2 Å². The van der Waals surface area contributed by atoms with Gasteiger partial charge in [-0.2, -0.15) is 5.26 Å². The molecule has 126 valence electrons. The molecular weight excluding hydrogens is 380 g/mol. The highest BCUT2D eigenvalue weighted by Gasteiger charge is 2.38. The molecule has 25 heavy (non-hydrogen) atoms. The summed E-state index contributed by atoms with van der Waals surface area (Å²) in [5.74, 6) is 0.862. The van der Waals surface area contributed by atoms with Crippen LogP contribution >= 0.6 is 15.9 Å². The van der Waals surface area contributed by atoms with E-state index in [1.807, 2.05) is 24.3 Å². The van der Waals surface area contributed by atoms with Gasteiger partial charge in [0.05, 0.1) is 16.8 Å². The highest BCUT2D eigenvalue weighted by molar-refractivity contribution is 9.10. The summed E-state index contributed by atoms with van der Waals surface area (Å²) < 4.78 is 6.66. The van der Waals surface area contributed by atoms with Crippen LogP contribution in [0.15, 0.2) is 52.3 Å². The van der Waals surface area contributed by atoms with E-state index >= 15 is 0 Å². The van der Waals surface area contributed by atoms with Crippen molar-refractivity contribution in [2.75, 3.05) is 0 Å². The Morgan fingerprint density at radius 3 is 2.76 bits per heavy atom. The lowest BCUT2D eigenvalue weighted by Crippen LogP contribution is -2.25. The van der Waals surface area contributed by atoms with E-state index in [0.29, 0.717) is 17.4 Å². The number of hydrogen-bond donors (Lipinski definition) is 2. The number of aromatic amines is 1. The maximum atomic E-state index is 9.70. The number of H-pyrrole nitrogens is 1. The Morgan fingerprint density at radius 1 is 1.28 bits per heavy atom. The van der Waals surface area contributed by atoms with Crippen molar-refractivity contribution in [3.05, 3.63) is 57.9 Å². The van der Waals surface area contributed by atoms with Gasteiger partial charge < -0.3 is 10.5 Å². The van der Waals surface area contributed by atoms with Gasteiger partial charge in [0.25, 0.3) is 0 Å². The fourth-order valence-electron chi connectivity index (χ4n) is 3.71. The molecule has 0 fully saturated rings. The largest absolute Gasteiger partial charge is 0.420 e. The maximum absolute atomic E-state index is 9.70. The summed E-state index contributed by atoms with van der Waals surface area (Å²) in [6.45, 7) is 0. The normalized spacial score (nSPS) is 22.2. The Morgan fingerprint density at radius 2 is 2.08 bits per heavy atom. The molecule has 0 radical (unpaired) electrons. The average molecular weight is 397 g/mol. The molecule has 1 aromatic heterocycles. The fraction of sp³-hybridized carbons (Fsp3) is 0.263. The summed E-state index contributed by atoms with van der Waals surface area (Å²) in [7, 11) is 0. The lowest BCUT2D eigenvalue weighted by Gasteiger charge is -2.31. The smallest absolute Gasteiger partial charge is 0.244 e. The third kappa shape index (κ3) is 2.75. The van der Waals surface area contributed by atoms with Gasteiger partial charge in [-0.3, -0.25) is 5.10 Å². The quantitative estimate of drug-likeness (QED) is 0.737. The van der Waals surface area contributed by atoms with Crippen molar-refractivity contribution >= 4 is 15.9 Å². The molecule has 0 spiro atoms. The van der Waals surface area contributed by atoms with Gasteiger partial charge in [0.1, 0.15) is 6.07 Å². The number of rotatable bonds is 2. The molecule has 6 heteroatoms. The lowest BCUT2D eigenvalue weighted by molar-refractivity contribution is 0.340. The number of nitrogens with two attached hydrogens (primary N) is 1. The monoisotopic (exact) mass is 396 g/mol. The van der Waals surface area contributed by atoms with Gasteiger partial charge in [-0.1, -0.05) is 40.2 Å². The predicted octanol–water partition coefficient (Wildman–Crippen LogP) is 4.37. The van der Waals surface area contributed by atoms with Crippen LogP contribution in [0.25, 0.3) is 11.3 Å². The van der Waals surface area contributed by atoms with Crippen molar-refractivity contribution < 1.29 is 4.74 Å². The lowest BCUT2D eigenvalue weighted by atomic mass is 9.74. The predicted molar refractivity (Wildman–Crippen MR) is 98.4 cm³/mol. The molecule has 2 aromatic rings. The molecule has 0 unspecified atom stereocenters. The molecule has 2 aliphatic rings. The third-order valence-electron chi connectivity index (χ3n) is 4.90. The van der Waals surface area contributed by atoms with E-state index in [-0.39, 0.29) is 11.8 Å². The van der Waals surface area contributed by atoms with Crippen LogP contribution in [0.4, 0.5) is 0 Å². The number of nitriles is 1. The molecule has 2 heterocycles. The summed E-state index contributed by atoms with van der Waals surface area (Å²) in [5.41, 5.74) is 9.37. The van der Waals surface area contributed by atoms with E-state index < -0.39 is 0 Å². The fourth-order valence-corrected chi connectivity index (χ4v) is 3.97. The zero-order chi connectivity index (χ0) is 17.4. The summed E-state index contributed by atoms with van der Waals surface area (Å²) in [5, 5.41) is 17.1. The Hall–Kier alpha value is -2.52. The average Bonchev–Trinajstić information content (AvgIpc) is 3.05. The number of aromatic nitrogens is 2. The first kappa shape index (κ1) is 16.0. The van der Waals surface area contributed by atoms with Crippen molar-refractivity contribution in [1.29, 1.82) is 5.26 Å². The number of allylic oxidation sites excluding steroid dienone is 3. The van der Waals surface area contributed by atoms with Crippen molar-refractivity contribution in [3.8, 4) is 23.2 Å². The van der Waals surface area contributed by atoms with Crippen molar-refractivity contribution in [3.63, 3.8) is 0 Å². The standard InChI is InChI=1S/C19H17BrN4O/c20-13-8-6-12(7-9-13)17-16-15(11-4-2-1-3-5-11)14(10-21)18(22)25-19(16)24-23-17/h1-2,6-9,11,15H,3-5,22H2,(H,23,24)/t11-,15+/m1/s1. The minimum absolute atomic E-state index is 0.101. The van der Waals surface area contributed by atoms with Crippen LogP contribution in [0.2, 0.25) is 0 Å². The number of nitrogens with one attached hydrogen (secondary N) is 1. The zero-order valence-corrected chi connectivity index (χ0v) is 15.1. The van der Waals surface area contributed by atoms with E-state index in [4.69, 9.17) is 10.5 Å². The van der Waals surface area contributed by atoms with Gasteiger partial charge in [-0.25, -0.2) is 0 Å². The number of fused-ring (bicyclic) bond motifs is 1. The Bertz CT molecular complexity index is 904. The van der Waals surface area contributed by atoms with E-state index in [1.165, 1.54) is 0 Å². The maximum Gasteiger partial charge on any atom is 0.244 e. The molecule has 1 aliphatic heterocycles. The first-order chi connectivity index (χ1) is 12.2. The zero-order valence-electron chi connectivity index (χ0n) is 13.5. The second-order valence-corrected chi connectivity index (χ2v) is 7.25. The Balaban J connectivity index is 1.86. The molecular formula is C19H17BrN4O. The molecule has 3 N–H and O–H groups in total. The minimum atomic E-state index is -0.101. The first-order valence-electron chi connectivity index (χ1n) is 8.26. The molecule has 5 nitrogen and oxygen atoms in total. The molecule has 0 saturated carbocycles. The van der Waals surface area contributed by atoms with Crippen LogP contribution < -0.4 is 10.5 Å². The van der Waals surface area contributed by atoms with Gasteiger partial charge in [0.2, 0.25) is 11.8 Å². The second-order valence-electron chi connectivity index (χ2n) is 6.34. The Labute approximate surface area is 154 Å². The van der Waals surface area contributed by atoms with Gasteiger partial charge >= 0.3 is 0 Å². The van der Waals surface area contributed by atoms with Crippen LogP contribution in [-0.2, 0) is 0 Å². The SMILES string of the molecule is N#CC1=C(N)Oc2n[nH]c(-c3ccc(Br)cc3)c2[C@H]1[C@@H]1CC=CCC1. The number of nitrogens with zero attached hydrogens (tertiary/aromatic N) is 2. The van der Waals surface area contributed by atoms with Crippen molar-refractivity contribution in [2.45, 2.75) is 25.2 Å². The van der Waals surface area contributed by atoms with Gasteiger partial charge in [-0.15, -0.1) is 5.10 Å². The molecule has 2 atom stereocenters. The second kappa shape index (κ2) is 6.41. The summed E-state index contributed by atoms with van der Waals surface area (Å²) in [6, 6.07) is 10.3. The molecule has 0 bridgehead atoms. The number of hydrogen-bond acceptors (Lipinski definition) is 4. The van der Waals surface area contributed by atoms with Gasteiger partial charge in [0.15, 0.2) is 0 Å². The van der Waals surface area contributed by atoms with Crippen molar-refractivity contribution in [2.24, 2.45) is 11.7 Å². The van der Waals surface area contributed by atoms with E-state index in [9.17, 15) is 5.26 Å². The molecule has 0 saturated heterocycles. The molecule has 1 aromatic carbocycles. The van der Waals surface area contributed by atoms with E-state index in [2.05, 4.69) is 44.3 Å². The summed E-state index contributed by atoms with van der Waals surface area (Å²) >= 11 is 3.46. The highest BCUT2D eigenvalue weighted by atomic mass is 79.9. The van der Waals surface area contributed by atoms with Crippen LogP contribution in [0.1, 0.15) is 30.7 Å². The number of halogens is 1. The van der Waals surface area contributed by atoms with E-state index in [1.54, 1.807) is 0 Å². The van der Waals surface area contributed by atoms with Crippen molar-refractivity contribution in [1.82, 2.24) is 10.2 Å². The molecule has 0 amide bonds. The number of ether oxygens (including phenoxy) is 1. The highest BCUT2D eigenvalue weighted by Crippen LogP contribution is 2.48. The molecule has 1 aliphatic carbocycles. The number of benzene rings is 1. The summed E-state index contributed by atoms with van der Waals surface area (Å²) in [6.07, 6.45) is 7.34. The van der Waals surface area contributed by atoms with E-state index in [0.717, 1.165) is 40.6 Å². The molecule has 4 rings (SSSR count). The van der Waals surface area contributed by atoms with Crippen LogP contribution in [0.3, 0.4) is 0 Å². The van der Waals surface area contributed by atoms with Crippen LogP contribution in [0.5, 0.6) is 5.88 Å².